The molecule has 1 N–H and O–H groups in total. The average molecular weight is 507 g/mol. The fraction of sp³-hybridized carbons (Fsp3) is 0.308. The minimum atomic E-state index is -0.241. The van der Waals surface area contributed by atoms with Gasteiger partial charge in [0.05, 0.1) is 22.6 Å². The first-order valence-corrected chi connectivity index (χ1v) is 12.9. The van der Waals surface area contributed by atoms with Crippen molar-refractivity contribution in [2.45, 2.75) is 38.8 Å². The van der Waals surface area contributed by atoms with Crippen LogP contribution >= 0.6 is 24.0 Å². The number of ether oxygens (including phenoxy) is 1. The Labute approximate surface area is 213 Å². The number of thioether (sulfide) groups is 1. The highest BCUT2D eigenvalue weighted by atomic mass is 32.2. The van der Waals surface area contributed by atoms with Crippen molar-refractivity contribution < 1.29 is 9.53 Å². The van der Waals surface area contributed by atoms with Gasteiger partial charge in [0.15, 0.2) is 0 Å². The number of anilines is 1. The van der Waals surface area contributed by atoms with Gasteiger partial charge in [0, 0.05) is 19.3 Å². The van der Waals surface area contributed by atoms with Gasteiger partial charge in [-0.15, -0.1) is 0 Å². The number of aryl methyl sites for hydroxylation is 1. The van der Waals surface area contributed by atoms with Crippen molar-refractivity contribution in [2.24, 2.45) is 0 Å². The molecule has 2 aliphatic heterocycles. The molecule has 2 fully saturated rings. The van der Waals surface area contributed by atoms with E-state index in [9.17, 15) is 9.59 Å². The van der Waals surface area contributed by atoms with E-state index in [4.69, 9.17) is 21.9 Å². The van der Waals surface area contributed by atoms with Gasteiger partial charge in [0.25, 0.3) is 11.5 Å². The highest BCUT2D eigenvalue weighted by Gasteiger charge is 2.36. The number of thiocarbonyl (C=S) groups is 1. The molecular weight excluding hydrogens is 480 g/mol. The van der Waals surface area contributed by atoms with E-state index < -0.39 is 0 Å². The molecule has 4 heterocycles. The number of nitrogens with one attached hydrogen (secondary N) is 1. The monoisotopic (exact) mass is 506 g/mol. The second-order valence-electron chi connectivity index (χ2n) is 8.72. The quantitative estimate of drug-likeness (QED) is 0.388. The van der Waals surface area contributed by atoms with E-state index in [2.05, 4.69) is 5.32 Å². The number of benzene rings is 1. The van der Waals surface area contributed by atoms with E-state index in [1.807, 2.05) is 56.3 Å². The fourth-order valence-corrected chi connectivity index (χ4v) is 5.82. The number of fused-ring (bicyclic) bond motifs is 1. The summed E-state index contributed by atoms with van der Waals surface area (Å²) in [6.07, 6.45) is 5.38. The molecule has 35 heavy (non-hydrogen) atoms. The van der Waals surface area contributed by atoms with Crippen LogP contribution in [0.1, 0.15) is 42.5 Å². The number of aromatic nitrogens is 2. The smallest absolute Gasteiger partial charge is 0.267 e. The van der Waals surface area contributed by atoms with E-state index in [1.165, 1.54) is 16.2 Å². The van der Waals surface area contributed by atoms with Crippen LogP contribution in [0.3, 0.4) is 0 Å². The Morgan fingerprint density at radius 1 is 1.26 bits per heavy atom. The van der Waals surface area contributed by atoms with Crippen LogP contribution in [0.4, 0.5) is 5.82 Å². The Morgan fingerprint density at radius 2 is 2.06 bits per heavy atom. The lowest BCUT2D eigenvalue weighted by molar-refractivity contribution is -0.123. The maximum Gasteiger partial charge on any atom is 0.267 e. The Balaban J connectivity index is 1.54. The lowest BCUT2D eigenvalue weighted by Gasteiger charge is -2.23. The number of nitrogens with zero attached hydrogens (tertiary/aromatic N) is 3. The molecule has 180 valence electrons. The van der Waals surface area contributed by atoms with Crippen molar-refractivity contribution in [3.05, 3.63) is 80.6 Å². The molecule has 0 radical (unpaired) electrons. The predicted octanol–water partition coefficient (Wildman–Crippen LogP) is 4.56. The highest BCUT2D eigenvalue weighted by Crippen LogP contribution is 2.38. The summed E-state index contributed by atoms with van der Waals surface area (Å²) < 4.78 is 7.72. The van der Waals surface area contributed by atoms with Gasteiger partial charge in [0.2, 0.25) is 0 Å². The molecule has 0 spiro atoms. The van der Waals surface area contributed by atoms with Gasteiger partial charge in [-0.3, -0.25) is 18.9 Å². The van der Waals surface area contributed by atoms with Crippen LogP contribution in [-0.4, -0.2) is 43.8 Å². The summed E-state index contributed by atoms with van der Waals surface area (Å²) in [6, 6.07) is 13.3. The van der Waals surface area contributed by atoms with Crippen LogP contribution in [0.5, 0.6) is 0 Å². The third-order valence-corrected chi connectivity index (χ3v) is 7.70. The zero-order chi connectivity index (χ0) is 24.5. The second kappa shape index (κ2) is 9.93. The number of hydrogen-bond donors (Lipinski definition) is 1. The normalized spacial score (nSPS) is 20.2. The fourth-order valence-electron chi connectivity index (χ4n) is 4.42. The topological polar surface area (TPSA) is 75.9 Å². The number of pyridine rings is 1. The van der Waals surface area contributed by atoms with Crippen molar-refractivity contribution in [3.8, 4) is 0 Å². The molecule has 2 aliphatic rings. The summed E-state index contributed by atoms with van der Waals surface area (Å²) in [5.74, 6) is 0.233. The van der Waals surface area contributed by atoms with Gasteiger partial charge in [-0.25, -0.2) is 4.98 Å². The van der Waals surface area contributed by atoms with Crippen molar-refractivity contribution in [2.75, 3.05) is 18.5 Å². The molecule has 0 saturated carbocycles. The minimum Gasteiger partial charge on any atom is -0.376 e. The molecular formula is C26H26N4O3S2. The molecule has 2 aromatic heterocycles. The molecule has 2 atom stereocenters. The number of amides is 1. The molecule has 0 aliphatic carbocycles. The minimum absolute atomic E-state index is 0.0740. The summed E-state index contributed by atoms with van der Waals surface area (Å²) in [5, 5.41) is 3.31. The number of hydrogen-bond acceptors (Lipinski definition) is 7. The van der Waals surface area contributed by atoms with Gasteiger partial charge >= 0.3 is 0 Å². The third kappa shape index (κ3) is 4.63. The molecule has 9 heteroatoms. The van der Waals surface area contributed by atoms with Gasteiger partial charge in [0.1, 0.15) is 15.8 Å². The summed E-state index contributed by atoms with van der Waals surface area (Å²) in [5.41, 5.74) is 2.55. The summed E-state index contributed by atoms with van der Waals surface area (Å²) in [7, 11) is 0. The zero-order valence-corrected chi connectivity index (χ0v) is 21.2. The lowest BCUT2D eigenvalue weighted by Crippen LogP contribution is -2.31. The predicted molar refractivity (Wildman–Crippen MR) is 144 cm³/mol. The first kappa shape index (κ1) is 23.7. The lowest BCUT2D eigenvalue weighted by atomic mass is 10.1. The zero-order valence-electron chi connectivity index (χ0n) is 19.6. The Kier molecular flexibility index (Phi) is 6.73. The Bertz CT molecular complexity index is 1380. The van der Waals surface area contributed by atoms with E-state index in [-0.39, 0.29) is 23.6 Å². The maximum absolute atomic E-state index is 13.6. The van der Waals surface area contributed by atoms with E-state index >= 15 is 0 Å². The molecule has 2 unspecified atom stereocenters. The molecule has 0 bridgehead atoms. The van der Waals surface area contributed by atoms with Gasteiger partial charge in [-0.1, -0.05) is 60.4 Å². The number of rotatable bonds is 6. The summed E-state index contributed by atoms with van der Waals surface area (Å²) in [6.45, 7) is 5.16. The van der Waals surface area contributed by atoms with Crippen molar-refractivity contribution in [1.82, 2.24) is 14.3 Å². The Morgan fingerprint density at radius 3 is 2.80 bits per heavy atom. The van der Waals surface area contributed by atoms with Crippen LogP contribution in [0.2, 0.25) is 0 Å². The highest BCUT2D eigenvalue weighted by molar-refractivity contribution is 8.26. The van der Waals surface area contributed by atoms with Gasteiger partial charge < -0.3 is 10.1 Å². The number of carbonyl (C=O) groups is 1. The van der Waals surface area contributed by atoms with Crippen LogP contribution in [0.25, 0.3) is 11.7 Å². The first-order chi connectivity index (χ1) is 16.9. The van der Waals surface area contributed by atoms with E-state index in [1.54, 1.807) is 17.2 Å². The average Bonchev–Trinajstić information content (AvgIpc) is 3.48. The standard InChI is InChI=1S/C26H26N4O3S2/c1-16-8-6-12-29-23(16)28-22(27-15-19-11-7-13-33-19)20(24(29)31)14-21-25(32)30(26(34)35-21)17(2)18-9-4-3-5-10-18/h3-6,8-10,12,14,17,19,27H,7,11,13,15H2,1-2H3/b21-14-. The molecule has 5 rings (SSSR count). The van der Waals surface area contributed by atoms with Gasteiger partial charge in [-0.2, -0.15) is 0 Å². The maximum atomic E-state index is 13.6. The van der Waals surface area contributed by atoms with Crippen molar-refractivity contribution in [1.29, 1.82) is 0 Å². The molecule has 7 nitrogen and oxygen atoms in total. The van der Waals surface area contributed by atoms with E-state index in [0.717, 1.165) is 30.6 Å². The Hall–Kier alpha value is -3.01. The van der Waals surface area contributed by atoms with Crippen LogP contribution in [0, 0.1) is 6.92 Å². The largest absolute Gasteiger partial charge is 0.376 e. The van der Waals surface area contributed by atoms with Crippen LogP contribution in [0.15, 0.2) is 58.4 Å². The molecule has 1 aromatic carbocycles. The third-order valence-electron chi connectivity index (χ3n) is 6.37. The van der Waals surface area contributed by atoms with Crippen molar-refractivity contribution >= 4 is 51.7 Å². The summed E-state index contributed by atoms with van der Waals surface area (Å²) >= 11 is 6.78. The van der Waals surface area contributed by atoms with Crippen molar-refractivity contribution in [3.63, 3.8) is 0 Å². The number of carbonyl (C=O) groups excluding carboxylic acids is 1. The van der Waals surface area contributed by atoms with Crippen LogP contribution in [-0.2, 0) is 9.53 Å². The second-order valence-corrected chi connectivity index (χ2v) is 10.4. The first-order valence-electron chi connectivity index (χ1n) is 11.6. The van der Waals surface area contributed by atoms with Crippen LogP contribution < -0.4 is 10.9 Å². The van der Waals surface area contributed by atoms with Gasteiger partial charge in [-0.05, 0) is 50.0 Å². The molecule has 1 amide bonds. The molecule has 2 saturated heterocycles. The summed E-state index contributed by atoms with van der Waals surface area (Å²) in [4.78, 5) is 33.8. The SMILES string of the molecule is Cc1cccn2c(=O)c(/C=C3\SC(=S)N(C(C)c4ccccc4)C3=O)c(NCC3CCCO3)nc12. The molecule has 3 aromatic rings. The van der Waals surface area contributed by atoms with E-state index in [0.29, 0.717) is 32.8 Å².